The molecule has 0 aliphatic rings. The van der Waals surface area contributed by atoms with E-state index in [9.17, 15) is 4.79 Å². The van der Waals surface area contributed by atoms with Crippen molar-refractivity contribution in [3.8, 4) is 0 Å². The highest BCUT2D eigenvalue weighted by atomic mass is 16.5. The number of methoxy groups -OCH3 is 2. The van der Waals surface area contributed by atoms with Crippen LogP contribution in [0.1, 0.15) is 26.2 Å². The van der Waals surface area contributed by atoms with Crippen molar-refractivity contribution < 1.29 is 14.3 Å². The summed E-state index contributed by atoms with van der Waals surface area (Å²) in [6, 6.07) is 0. The van der Waals surface area contributed by atoms with Crippen molar-refractivity contribution in [2.75, 3.05) is 20.8 Å². The molecule has 0 amide bonds. The number of ether oxygens (including phenoxy) is 2. The van der Waals surface area contributed by atoms with Gasteiger partial charge in [0.25, 0.3) is 0 Å². The van der Waals surface area contributed by atoms with Gasteiger partial charge in [0.05, 0.1) is 6.10 Å². The van der Waals surface area contributed by atoms with Gasteiger partial charge in [0.15, 0.2) is 0 Å². The molecule has 0 heterocycles. The summed E-state index contributed by atoms with van der Waals surface area (Å²) >= 11 is 0. The first-order chi connectivity index (χ1) is 5.70. The van der Waals surface area contributed by atoms with Crippen LogP contribution in [0.5, 0.6) is 0 Å². The van der Waals surface area contributed by atoms with Crippen LogP contribution < -0.4 is 0 Å². The van der Waals surface area contributed by atoms with Gasteiger partial charge < -0.3 is 9.47 Å². The molecule has 12 heavy (non-hydrogen) atoms. The fraction of sp³-hybridized carbons (Fsp3) is 0.889. The molecule has 0 saturated carbocycles. The van der Waals surface area contributed by atoms with Crippen molar-refractivity contribution in [1.29, 1.82) is 0 Å². The predicted octanol–water partition coefficient (Wildman–Crippen LogP) is 1.41. The van der Waals surface area contributed by atoms with Crippen molar-refractivity contribution in [3.05, 3.63) is 0 Å². The first kappa shape index (κ1) is 11.6. The molecule has 1 atom stereocenters. The highest BCUT2D eigenvalue weighted by Gasteiger charge is 2.06. The van der Waals surface area contributed by atoms with Crippen molar-refractivity contribution >= 4 is 5.78 Å². The van der Waals surface area contributed by atoms with Gasteiger partial charge in [-0.2, -0.15) is 0 Å². The van der Waals surface area contributed by atoms with Crippen molar-refractivity contribution in [1.82, 2.24) is 0 Å². The Bertz CT molecular complexity index is 123. The molecule has 0 aliphatic carbocycles. The largest absolute Gasteiger partial charge is 0.385 e. The van der Waals surface area contributed by atoms with Crippen molar-refractivity contribution in [3.63, 3.8) is 0 Å². The number of ketones is 1. The molecular weight excluding hydrogens is 156 g/mol. The quantitative estimate of drug-likeness (QED) is 0.547. The smallest absolute Gasteiger partial charge is 0.135 e. The maximum absolute atomic E-state index is 11.2. The topological polar surface area (TPSA) is 35.5 Å². The molecule has 3 nitrogen and oxygen atoms in total. The maximum Gasteiger partial charge on any atom is 0.135 e. The SMILES string of the molecule is COCCCC(=O)CC(C)OC. The van der Waals surface area contributed by atoms with Crippen molar-refractivity contribution in [2.24, 2.45) is 0 Å². The summed E-state index contributed by atoms with van der Waals surface area (Å²) in [6.07, 6.45) is 1.97. The lowest BCUT2D eigenvalue weighted by molar-refractivity contribution is -0.121. The van der Waals surface area contributed by atoms with Crippen LogP contribution in [-0.2, 0) is 14.3 Å². The highest BCUT2D eigenvalue weighted by Crippen LogP contribution is 2.01. The second-order valence-electron chi connectivity index (χ2n) is 2.89. The number of rotatable bonds is 7. The monoisotopic (exact) mass is 174 g/mol. The molecule has 0 fully saturated rings. The summed E-state index contributed by atoms with van der Waals surface area (Å²) in [5.74, 6) is 0.251. The minimum Gasteiger partial charge on any atom is -0.385 e. The number of hydrogen-bond acceptors (Lipinski definition) is 3. The van der Waals surface area contributed by atoms with Gasteiger partial charge in [-0.15, -0.1) is 0 Å². The summed E-state index contributed by atoms with van der Waals surface area (Å²) < 4.78 is 9.82. The molecule has 0 aromatic rings. The lowest BCUT2D eigenvalue weighted by Gasteiger charge is -2.07. The zero-order valence-corrected chi connectivity index (χ0v) is 8.13. The van der Waals surface area contributed by atoms with Gasteiger partial charge in [0, 0.05) is 33.7 Å². The zero-order valence-electron chi connectivity index (χ0n) is 8.13. The van der Waals surface area contributed by atoms with Crippen LogP contribution in [0.4, 0.5) is 0 Å². The van der Waals surface area contributed by atoms with Crippen LogP contribution in [0.15, 0.2) is 0 Å². The molecule has 0 radical (unpaired) electrons. The highest BCUT2D eigenvalue weighted by molar-refractivity contribution is 5.78. The predicted molar refractivity (Wildman–Crippen MR) is 47.2 cm³/mol. The molecule has 0 aromatic heterocycles. The third-order valence-corrected chi connectivity index (χ3v) is 1.72. The Morgan fingerprint density at radius 2 is 2.08 bits per heavy atom. The van der Waals surface area contributed by atoms with E-state index in [2.05, 4.69) is 0 Å². The molecule has 0 saturated heterocycles. The molecule has 0 aromatic carbocycles. The van der Waals surface area contributed by atoms with Gasteiger partial charge in [-0.05, 0) is 13.3 Å². The summed E-state index contributed by atoms with van der Waals surface area (Å²) in [6.45, 7) is 2.56. The lowest BCUT2D eigenvalue weighted by atomic mass is 10.1. The molecule has 3 heteroatoms. The van der Waals surface area contributed by atoms with Crippen LogP contribution in [0.2, 0.25) is 0 Å². The Morgan fingerprint density at radius 3 is 2.58 bits per heavy atom. The van der Waals surface area contributed by atoms with E-state index in [0.717, 1.165) is 6.42 Å². The van der Waals surface area contributed by atoms with Gasteiger partial charge in [0.1, 0.15) is 5.78 Å². The fourth-order valence-electron chi connectivity index (χ4n) is 0.920. The summed E-state index contributed by atoms with van der Waals surface area (Å²) in [7, 11) is 3.26. The van der Waals surface area contributed by atoms with E-state index in [1.165, 1.54) is 0 Å². The van der Waals surface area contributed by atoms with Crippen LogP contribution in [-0.4, -0.2) is 32.7 Å². The van der Waals surface area contributed by atoms with E-state index in [1.807, 2.05) is 6.92 Å². The Balaban J connectivity index is 3.33. The third kappa shape index (κ3) is 6.31. The van der Waals surface area contributed by atoms with E-state index in [1.54, 1.807) is 14.2 Å². The molecule has 1 unspecified atom stereocenters. The van der Waals surface area contributed by atoms with Gasteiger partial charge in [0.2, 0.25) is 0 Å². The minimum absolute atomic E-state index is 0.0417. The van der Waals surface area contributed by atoms with E-state index < -0.39 is 0 Å². The number of carbonyl (C=O) groups excluding carboxylic acids is 1. The van der Waals surface area contributed by atoms with Gasteiger partial charge in [-0.25, -0.2) is 0 Å². The van der Waals surface area contributed by atoms with Gasteiger partial charge in [-0.1, -0.05) is 0 Å². The first-order valence-electron chi connectivity index (χ1n) is 4.24. The third-order valence-electron chi connectivity index (χ3n) is 1.72. The summed E-state index contributed by atoms with van der Waals surface area (Å²) in [4.78, 5) is 11.2. The van der Waals surface area contributed by atoms with Crippen LogP contribution in [0.3, 0.4) is 0 Å². The molecule has 0 spiro atoms. The Hall–Kier alpha value is -0.410. The van der Waals surface area contributed by atoms with Gasteiger partial charge in [-0.3, -0.25) is 4.79 Å². The molecule has 72 valence electrons. The summed E-state index contributed by atoms with van der Waals surface area (Å²) in [5, 5.41) is 0. The maximum atomic E-state index is 11.2. The average Bonchev–Trinajstić information content (AvgIpc) is 2.05. The normalized spacial score (nSPS) is 12.9. The average molecular weight is 174 g/mol. The number of Topliss-reactive ketones (excluding diaryl/α,β-unsaturated/α-hetero) is 1. The van der Waals surface area contributed by atoms with E-state index >= 15 is 0 Å². The number of hydrogen-bond donors (Lipinski definition) is 0. The van der Waals surface area contributed by atoms with Crippen LogP contribution in [0, 0.1) is 0 Å². The van der Waals surface area contributed by atoms with E-state index in [-0.39, 0.29) is 11.9 Å². The molecular formula is C9H18O3. The first-order valence-corrected chi connectivity index (χ1v) is 4.24. The second-order valence-corrected chi connectivity index (χ2v) is 2.89. The van der Waals surface area contributed by atoms with Crippen LogP contribution >= 0.6 is 0 Å². The zero-order chi connectivity index (χ0) is 9.40. The minimum atomic E-state index is 0.0417. The molecule has 0 bridgehead atoms. The van der Waals surface area contributed by atoms with E-state index in [4.69, 9.17) is 9.47 Å². The Labute approximate surface area is 74.0 Å². The second kappa shape index (κ2) is 7.25. The Morgan fingerprint density at radius 1 is 1.42 bits per heavy atom. The molecule has 0 rings (SSSR count). The van der Waals surface area contributed by atoms with Crippen molar-refractivity contribution in [2.45, 2.75) is 32.3 Å². The van der Waals surface area contributed by atoms with E-state index in [0.29, 0.717) is 19.4 Å². The molecule has 0 N–H and O–H groups in total. The molecule has 0 aliphatic heterocycles. The summed E-state index contributed by atoms with van der Waals surface area (Å²) in [5.41, 5.74) is 0. The standard InChI is InChI=1S/C9H18O3/c1-8(12-3)7-9(10)5-4-6-11-2/h8H,4-7H2,1-3H3. The van der Waals surface area contributed by atoms with Gasteiger partial charge >= 0.3 is 0 Å². The fourth-order valence-corrected chi connectivity index (χ4v) is 0.920. The van der Waals surface area contributed by atoms with Crippen LogP contribution in [0.25, 0.3) is 0 Å². The Kier molecular flexibility index (Phi) is 7.00. The number of carbonyl (C=O) groups is 1. The lowest BCUT2D eigenvalue weighted by Crippen LogP contribution is -2.12.